The molecule has 1 heterocycles. The Labute approximate surface area is 109 Å². The van der Waals surface area contributed by atoms with Gasteiger partial charge in [0.25, 0.3) is 0 Å². The number of aromatic nitrogens is 2. The van der Waals surface area contributed by atoms with Crippen LogP contribution >= 0.6 is 15.9 Å². The van der Waals surface area contributed by atoms with Crippen molar-refractivity contribution in [3.8, 4) is 0 Å². The van der Waals surface area contributed by atoms with Gasteiger partial charge in [0.2, 0.25) is 0 Å². The molecule has 0 aliphatic heterocycles. The van der Waals surface area contributed by atoms with Gasteiger partial charge in [0, 0.05) is 35.5 Å². The van der Waals surface area contributed by atoms with Crippen molar-refractivity contribution in [1.82, 2.24) is 9.97 Å². The fourth-order valence-electron chi connectivity index (χ4n) is 1.88. The molecule has 0 amide bonds. The second kappa shape index (κ2) is 5.38. The van der Waals surface area contributed by atoms with E-state index in [4.69, 9.17) is 5.73 Å². The maximum atomic E-state index is 5.87. The standard InChI is InChI=1S/C13H14BrN3/c1-9-2-3-10(14)6-11(9)12(7-15)13-8-16-4-5-17-13/h2-6,8,12H,7,15H2,1H3. The first-order valence-electron chi connectivity index (χ1n) is 5.44. The number of rotatable bonds is 3. The van der Waals surface area contributed by atoms with E-state index >= 15 is 0 Å². The number of benzene rings is 1. The van der Waals surface area contributed by atoms with E-state index in [2.05, 4.69) is 45.0 Å². The van der Waals surface area contributed by atoms with E-state index in [0.29, 0.717) is 6.54 Å². The molecule has 88 valence electrons. The Kier molecular flexibility index (Phi) is 3.86. The zero-order chi connectivity index (χ0) is 12.3. The summed E-state index contributed by atoms with van der Waals surface area (Å²) < 4.78 is 1.06. The van der Waals surface area contributed by atoms with E-state index in [1.807, 2.05) is 6.07 Å². The van der Waals surface area contributed by atoms with E-state index in [1.165, 1.54) is 11.1 Å². The third-order valence-corrected chi connectivity index (χ3v) is 3.29. The molecule has 1 unspecified atom stereocenters. The van der Waals surface area contributed by atoms with Crippen LogP contribution in [0.15, 0.2) is 41.3 Å². The van der Waals surface area contributed by atoms with E-state index in [1.54, 1.807) is 18.6 Å². The molecule has 2 N–H and O–H groups in total. The van der Waals surface area contributed by atoms with Gasteiger partial charge in [-0.2, -0.15) is 0 Å². The van der Waals surface area contributed by atoms with Gasteiger partial charge in [-0.25, -0.2) is 0 Å². The van der Waals surface area contributed by atoms with Crippen LogP contribution < -0.4 is 5.73 Å². The quantitative estimate of drug-likeness (QED) is 0.946. The summed E-state index contributed by atoms with van der Waals surface area (Å²) in [6.07, 6.45) is 5.15. The van der Waals surface area contributed by atoms with Gasteiger partial charge >= 0.3 is 0 Å². The van der Waals surface area contributed by atoms with Gasteiger partial charge < -0.3 is 5.73 Å². The lowest BCUT2D eigenvalue weighted by Gasteiger charge is -2.17. The summed E-state index contributed by atoms with van der Waals surface area (Å²) >= 11 is 3.49. The minimum absolute atomic E-state index is 0.0983. The summed E-state index contributed by atoms with van der Waals surface area (Å²) in [6.45, 7) is 2.61. The lowest BCUT2D eigenvalue weighted by molar-refractivity contribution is 0.773. The van der Waals surface area contributed by atoms with Crippen molar-refractivity contribution >= 4 is 15.9 Å². The summed E-state index contributed by atoms with van der Waals surface area (Å²) in [5, 5.41) is 0. The largest absolute Gasteiger partial charge is 0.329 e. The highest BCUT2D eigenvalue weighted by molar-refractivity contribution is 9.10. The SMILES string of the molecule is Cc1ccc(Br)cc1C(CN)c1cnccn1. The number of hydrogen-bond donors (Lipinski definition) is 1. The average molecular weight is 292 g/mol. The Bertz CT molecular complexity index is 499. The molecule has 2 aromatic rings. The normalized spacial score (nSPS) is 12.4. The van der Waals surface area contributed by atoms with Crippen molar-refractivity contribution < 1.29 is 0 Å². The third kappa shape index (κ3) is 2.70. The van der Waals surface area contributed by atoms with Crippen molar-refractivity contribution in [2.24, 2.45) is 5.73 Å². The molecule has 0 aliphatic carbocycles. The van der Waals surface area contributed by atoms with Gasteiger partial charge in [-0.1, -0.05) is 22.0 Å². The van der Waals surface area contributed by atoms with Crippen molar-refractivity contribution in [2.75, 3.05) is 6.54 Å². The predicted octanol–water partition coefficient (Wildman–Crippen LogP) is 2.64. The molecule has 0 aliphatic rings. The summed E-state index contributed by atoms with van der Waals surface area (Å²) in [5.41, 5.74) is 9.20. The van der Waals surface area contributed by atoms with Crippen LogP contribution in [0.25, 0.3) is 0 Å². The first kappa shape index (κ1) is 12.2. The molecule has 2 rings (SSSR count). The van der Waals surface area contributed by atoms with Crippen molar-refractivity contribution in [3.63, 3.8) is 0 Å². The summed E-state index contributed by atoms with van der Waals surface area (Å²) in [5.74, 6) is 0.0983. The molecule has 0 spiro atoms. The monoisotopic (exact) mass is 291 g/mol. The fourth-order valence-corrected chi connectivity index (χ4v) is 2.26. The van der Waals surface area contributed by atoms with Gasteiger partial charge in [-0.15, -0.1) is 0 Å². The van der Waals surface area contributed by atoms with Crippen molar-refractivity contribution in [2.45, 2.75) is 12.8 Å². The smallest absolute Gasteiger partial charge is 0.0674 e. The third-order valence-electron chi connectivity index (χ3n) is 2.79. The highest BCUT2D eigenvalue weighted by Gasteiger charge is 2.16. The van der Waals surface area contributed by atoms with Crippen LogP contribution in [0, 0.1) is 6.92 Å². The first-order valence-corrected chi connectivity index (χ1v) is 6.23. The minimum Gasteiger partial charge on any atom is -0.329 e. The highest BCUT2D eigenvalue weighted by atomic mass is 79.9. The van der Waals surface area contributed by atoms with E-state index in [9.17, 15) is 0 Å². The summed E-state index contributed by atoms with van der Waals surface area (Å²) in [7, 11) is 0. The fraction of sp³-hybridized carbons (Fsp3) is 0.231. The van der Waals surface area contributed by atoms with Gasteiger partial charge in [-0.3, -0.25) is 9.97 Å². The van der Waals surface area contributed by atoms with E-state index in [0.717, 1.165) is 10.2 Å². The Balaban J connectivity index is 2.46. The van der Waals surface area contributed by atoms with Crippen LogP contribution in [0.1, 0.15) is 22.7 Å². The van der Waals surface area contributed by atoms with Crippen LogP contribution in [-0.2, 0) is 0 Å². The van der Waals surface area contributed by atoms with Crippen LogP contribution in [0.4, 0.5) is 0 Å². The number of aryl methyl sites for hydroxylation is 1. The molecule has 0 bridgehead atoms. The van der Waals surface area contributed by atoms with Crippen LogP contribution in [0.5, 0.6) is 0 Å². The summed E-state index contributed by atoms with van der Waals surface area (Å²) in [4.78, 5) is 8.44. The Morgan fingerprint density at radius 2 is 2.18 bits per heavy atom. The maximum Gasteiger partial charge on any atom is 0.0674 e. The molecule has 1 atom stereocenters. The maximum absolute atomic E-state index is 5.87. The molecule has 0 fully saturated rings. The van der Waals surface area contributed by atoms with Crippen LogP contribution in [0.2, 0.25) is 0 Å². The molecule has 3 nitrogen and oxygen atoms in total. The lowest BCUT2D eigenvalue weighted by atomic mass is 9.92. The topological polar surface area (TPSA) is 51.8 Å². The number of nitrogens with zero attached hydrogens (tertiary/aromatic N) is 2. The van der Waals surface area contributed by atoms with E-state index in [-0.39, 0.29) is 5.92 Å². The number of nitrogens with two attached hydrogens (primary N) is 1. The lowest BCUT2D eigenvalue weighted by Crippen LogP contribution is -2.16. The molecule has 0 radical (unpaired) electrons. The number of halogens is 1. The van der Waals surface area contributed by atoms with Gasteiger partial charge in [-0.05, 0) is 30.2 Å². The Hall–Kier alpha value is -1.26. The Morgan fingerprint density at radius 3 is 2.82 bits per heavy atom. The Morgan fingerprint density at radius 1 is 1.35 bits per heavy atom. The van der Waals surface area contributed by atoms with Gasteiger partial charge in [0.15, 0.2) is 0 Å². The average Bonchev–Trinajstić information content (AvgIpc) is 2.36. The second-order valence-corrected chi connectivity index (χ2v) is 4.84. The van der Waals surface area contributed by atoms with E-state index < -0.39 is 0 Å². The molecule has 17 heavy (non-hydrogen) atoms. The summed E-state index contributed by atoms with van der Waals surface area (Å²) in [6, 6.07) is 6.21. The van der Waals surface area contributed by atoms with Gasteiger partial charge in [0.05, 0.1) is 5.69 Å². The molecular weight excluding hydrogens is 278 g/mol. The minimum atomic E-state index is 0.0983. The van der Waals surface area contributed by atoms with Crippen LogP contribution in [-0.4, -0.2) is 16.5 Å². The highest BCUT2D eigenvalue weighted by Crippen LogP contribution is 2.27. The molecule has 1 aromatic heterocycles. The molecule has 4 heteroatoms. The second-order valence-electron chi connectivity index (χ2n) is 3.92. The zero-order valence-electron chi connectivity index (χ0n) is 9.60. The van der Waals surface area contributed by atoms with Crippen LogP contribution in [0.3, 0.4) is 0 Å². The molecule has 0 saturated carbocycles. The number of hydrogen-bond acceptors (Lipinski definition) is 3. The zero-order valence-corrected chi connectivity index (χ0v) is 11.2. The first-order chi connectivity index (χ1) is 8.22. The molecule has 0 saturated heterocycles. The molecule has 1 aromatic carbocycles. The predicted molar refractivity (Wildman–Crippen MR) is 71.8 cm³/mol. The van der Waals surface area contributed by atoms with Crippen molar-refractivity contribution in [3.05, 3.63) is 58.1 Å². The van der Waals surface area contributed by atoms with Gasteiger partial charge in [0.1, 0.15) is 0 Å². The van der Waals surface area contributed by atoms with Crippen molar-refractivity contribution in [1.29, 1.82) is 0 Å². The molecular formula is C13H14BrN3.